The van der Waals surface area contributed by atoms with Gasteiger partial charge in [-0.2, -0.15) is 0 Å². The summed E-state index contributed by atoms with van der Waals surface area (Å²) in [7, 11) is 1.63. The molecule has 3 heterocycles. The van der Waals surface area contributed by atoms with Crippen LogP contribution in [-0.4, -0.2) is 46.8 Å². The van der Waals surface area contributed by atoms with Crippen molar-refractivity contribution in [3.8, 4) is 27.8 Å². The highest BCUT2D eigenvalue weighted by atomic mass is 35.5. The van der Waals surface area contributed by atoms with Gasteiger partial charge < -0.3 is 9.47 Å². The van der Waals surface area contributed by atoms with Gasteiger partial charge in [-0.05, 0) is 43.2 Å². The van der Waals surface area contributed by atoms with Crippen LogP contribution < -0.4 is 15.0 Å². The average Bonchev–Trinajstić information content (AvgIpc) is 3.23. The zero-order valence-electron chi connectivity index (χ0n) is 18.7. The highest BCUT2D eigenvalue weighted by Crippen LogP contribution is 2.35. The second-order valence-corrected chi connectivity index (χ2v) is 10.3. The Morgan fingerprint density at radius 3 is 2.56 bits per heavy atom. The maximum atomic E-state index is 13.3. The van der Waals surface area contributed by atoms with Gasteiger partial charge in [0, 0.05) is 42.0 Å². The number of halogens is 1. The molecule has 1 aliphatic heterocycles. The van der Waals surface area contributed by atoms with Crippen LogP contribution in [0.4, 0.5) is 0 Å². The predicted octanol–water partition coefficient (Wildman–Crippen LogP) is 5.39. The molecule has 4 aromatic rings. The minimum absolute atomic E-state index is 0.110. The fourth-order valence-electron chi connectivity index (χ4n) is 4.52. The second kappa shape index (κ2) is 8.73. The van der Waals surface area contributed by atoms with E-state index in [-0.39, 0.29) is 11.7 Å². The SMILES string of the molecule is COc1cc(-n2ccc3nc(-c4ccc(Cl)cc4)sc3c2=O)ccc1OC1CN(C2CCC2)C1. The van der Waals surface area contributed by atoms with Crippen molar-refractivity contribution in [1.82, 2.24) is 14.5 Å². The third-order valence-corrected chi connectivity index (χ3v) is 8.09. The molecule has 2 fully saturated rings. The number of hydrogen-bond acceptors (Lipinski definition) is 6. The maximum absolute atomic E-state index is 13.3. The molecule has 0 atom stereocenters. The first-order valence-corrected chi connectivity index (χ1v) is 12.7. The fourth-order valence-corrected chi connectivity index (χ4v) is 5.64. The van der Waals surface area contributed by atoms with Gasteiger partial charge in [-0.1, -0.05) is 30.2 Å². The molecule has 8 heteroatoms. The first-order chi connectivity index (χ1) is 16.6. The van der Waals surface area contributed by atoms with Crippen molar-refractivity contribution < 1.29 is 9.47 Å². The number of ether oxygens (including phenoxy) is 2. The fraction of sp³-hybridized carbons (Fsp3) is 0.308. The van der Waals surface area contributed by atoms with Crippen molar-refractivity contribution in [1.29, 1.82) is 0 Å². The topological polar surface area (TPSA) is 56.6 Å². The van der Waals surface area contributed by atoms with E-state index >= 15 is 0 Å². The standard InChI is InChI=1S/C26H24ClN3O3S/c1-32-23-13-19(9-10-22(23)33-20-14-29(15-20)18-3-2-4-18)30-12-11-21-24(26(30)31)34-25(28-21)16-5-7-17(27)8-6-16/h5-13,18,20H,2-4,14-15H2,1H3. The summed E-state index contributed by atoms with van der Waals surface area (Å²) < 4.78 is 14.0. The summed E-state index contributed by atoms with van der Waals surface area (Å²) in [5, 5.41) is 1.46. The summed E-state index contributed by atoms with van der Waals surface area (Å²) in [6.45, 7) is 1.93. The molecule has 2 aliphatic rings. The maximum Gasteiger partial charge on any atom is 0.274 e. The Bertz CT molecular complexity index is 1410. The second-order valence-electron chi connectivity index (χ2n) is 8.84. The van der Waals surface area contributed by atoms with Crippen molar-refractivity contribution >= 4 is 33.2 Å². The van der Waals surface area contributed by atoms with Crippen LogP contribution in [0.15, 0.2) is 59.5 Å². The van der Waals surface area contributed by atoms with Crippen LogP contribution in [0, 0.1) is 0 Å². The zero-order valence-corrected chi connectivity index (χ0v) is 20.3. The lowest BCUT2D eigenvalue weighted by atomic mass is 9.89. The summed E-state index contributed by atoms with van der Waals surface area (Å²) in [5.74, 6) is 1.33. The van der Waals surface area contributed by atoms with E-state index in [1.807, 2.05) is 48.5 Å². The quantitative estimate of drug-likeness (QED) is 0.360. The molecule has 0 spiro atoms. The van der Waals surface area contributed by atoms with Crippen LogP contribution in [0.5, 0.6) is 11.5 Å². The Morgan fingerprint density at radius 1 is 1.06 bits per heavy atom. The number of hydrogen-bond donors (Lipinski definition) is 0. The van der Waals surface area contributed by atoms with Gasteiger partial charge in [0.15, 0.2) is 11.5 Å². The monoisotopic (exact) mass is 493 g/mol. The molecule has 1 saturated heterocycles. The average molecular weight is 494 g/mol. The van der Waals surface area contributed by atoms with Crippen molar-refractivity contribution in [3.63, 3.8) is 0 Å². The molecule has 0 radical (unpaired) electrons. The first kappa shape index (κ1) is 21.6. The van der Waals surface area contributed by atoms with Crippen LogP contribution in [-0.2, 0) is 0 Å². The van der Waals surface area contributed by atoms with E-state index < -0.39 is 0 Å². The minimum atomic E-state index is -0.110. The highest BCUT2D eigenvalue weighted by Gasteiger charge is 2.36. The molecule has 0 unspecified atom stereocenters. The normalized spacial score (nSPS) is 16.9. The largest absolute Gasteiger partial charge is 0.493 e. The van der Waals surface area contributed by atoms with Crippen LogP contribution >= 0.6 is 22.9 Å². The Balaban J connectivity index is 1.26. The summed E-state index contributed by atoms with van der Waals surface area (Å²) in [4.78, 5) is 20.5. The summed E-state index contributed by atoms with van der Waals surface area (Å²) >= 11 is 7.39. The lowest BCUT2D eigenvalue weighted by Crippen LogP contribution is -2.59. The summed E-state index contributed by atoms with van der Waals surface area (Å²) in [6.07, 6.45) is 5.91. The van der Waals surface area contributed by atoms with E-state index in [0.29, 0.717) is 26.7 Å². The summed E-state index contributed by atoms with van der Waals surface area (Å²) in [5.41, 5.74) is 2.24. The van der Waals surface area contributed by atoms with E-state index in [1.54, 1.807) is 17.9 Å². The number of rotatable bonds is 6. The zero-order chi connectivity index (χ0) is 23.2. The predicted molar refractivity (Wildman–Crippen MR) is 136 cm³/mol. The van der Waals surface area contributed by atoms with Crippen molar-refractivity contribution in [3.05, 3.63) is 70.1 Å². The number of aromatic nitrogens is 2. The van der Waals surface area contributed by atoms with Gasteiger partial charge in [0.1, 0.15) is 15.8 Å². The lowest BCUT2D eigenvalue weighted by Gasteiger charge is -2.47. The minimum Gasteiger partial charge on any atom is -0.493 e. The lowest BCUT2D eigenvalue weighted by molar-refractivity contribution is -0.0316. The van der Waals surface area contributed by atoms with E-state index in [4.69, 9.17) is 21.1 Å². The van der Waals surface area contributed by atoms with Gasteiger partial charge in [-0.15, -0.1) is 11.3 Å². The van der Waals surface area contributed by atoms with Crippen molar-refractivity contribution in [2.75, 3.05) is 20.2 Å². The van der Waals surface area contributed by atoms with Crippen molar-refractivity contribution in [2.24, 2.45) is 0 Å². The van der Waals surface area contributed by atoms with Gasteiger partial charge in [-0.25, -0.2) is 4.98 Å². The van der Waals surface area contributed by atoms with Crippen LogP contribution in [0.25, 0.3) is 26.5 Å². The number of nitrogens with zero attached hydrogens (tertiary/aromatic N) is 3. The molecule has 2 aromatic carbocycles. The molecular formula is C26H24ClN3O3S. The van der Waals surface area contributed by atoms with Crippen molar-refractivity contribution in [2.45, 2.75) is 31.4 Å². The number of thiazole rings is 1. The Kier molecular flexibility index (Phi) is 5.56. The van der Waals surface area contributed by atoms with Gasteiger partial charge in [0.2, 0.25) is 0 Å². The smallest absolute Gasteiger partial charge is 0.274 e. The molecule has 6 rings (SSSR count). The molecule has 1 saturated carbocycles. The first-order valence-electron chi connectivity index (χ1n) is 11.5. The molecular weight excluding hydrogens is 470 g/mol. The Labute approximate surface area is 206 Å². The van der Waals surface area contributed by atoms with E-state index in [1.165, 1.54) is 30.6 Å². The molecule has 0 N–H and O–H groups in total. The van der Waals surface area contributed by atoms with Gasteiger partial charge in [0.25, 0.3) is 5.56 Å². The molecule has 0 amide bonds. The van der Waals surface area contributed by atoms with Crippen LogP contribution in [0.2, 0.25) is 5.02 Å². The highest BCUT2D eigenvalue weighted by molar-refractivity contribution is 7.21. The van der Waals surface area contributed by atoms with E-state index in [9.17, 15) is 4.79 Å². The molecule has 6 nitrogen and oxygen atoms in total. The molecule has 1 aliphatic carbocycles. The third kappa shape index (κ3) is 3.87. The Hall–Kier alpha value is -2.87. The van der Waals surface area contributed by atoms with Crippen LogP contribution in [0.3, 0.4) is 0 Å². The molecule has 174 valence electrons. The molecule has 0 bridgehead atoms. The van der Waals surface area contributed by atoms with Crippen LogP contribution in [0.1, 0.15) is 19.3 Å². The van der Waals surface area contributed by atoms with Gasteiger partial charge in [0.05, 0.1) is 18.3 Å². The van der Waals surface area contributed by atoms with E-state index in [0.717, 1.165) is 35.4 Å². The Morgan fingerprint density at radius 2 is 1.85 bits per heavy atom. The number of benzene rings is 2. The number of likely N-dealkylation sites (tertiary alicyclic amines) is 1. The van der Waals surface area contributed by atoms with Gasteiger partial charge >= 0.3 is 0 Å². The number of methoxy groups -OCH3 is 1. The number of fused-ring (bicyclic) bond motifs is 1. The van der Waals surface area contributed by atoms with Gasteiger partial charge in [-0.3, -0.25) is 14.3 Å². The number of pyridine rings is 1. The molecule has 2 aromatic heterocycles. The molecule has 34 heavy (non-hydrogen) atoms. The van der Waals surface area contributed by atoms with E-state index in [2.05, 4.69) is 9.88 Å². The summed E-state index contributed by atoms with van der Waals surface area (Å²) in [6, 6.07) is 15.7. The third-order valence-electron chi connectivity index (χ3n) is 6.73.